The molecule has 0 bridgehead atoms. The molecule has 0 saturated heterocycles. The van der Waals surface area contributed by atoms with Crippen molar-refractivity contribution in [1.29, 1.82) is 0 Å². The number of rotatable bonds is 6. The Balaban J connectivity index is 1.53. The van der Waals surface area contributed by atoms with E-state index in [4.69, 9.17) is 4.74 Å². The molecule has 1 aliphatic rings. The van der Waals surface area contributed by atoms with Crippen molar-refractivity contribution < 1.29 is 4.74 Å². The lowest BCUT2D eigenvalue weighted by atomic mass is 10.1. The second-order valence-electron chi connectivity index (χ2n) is 5.84. The van der Waals surface area contributed by atoms with Crippen LogP contribution in [0.25, 0.3) is 0 Å². The van der Waals surface area contributed by atoms with Crippen molar-refractivity contribution in [1.82, 2.24) is 10.6 Å². The minimum Gasteiger partial charge on any atom is -0.372 e. The Labute approximate surface area is 137 Å². The van der Waals surface area contributed by atoms with Crippen LogP contribution in [0.2, 0.25) is 0 Å². The van der Waals surface area contributed by atoms with E-state index in [0.717, 1.165) is 19.0 Å². The van der Waals surface area contributed by atoms with E-state index in [2.05, 4.69) is 58.9 Å². The lowest BCUT2D eigenvalue weighted by Gasteiger charge is -2.13. The number of ether oxygens (including phenoxy) is 1. The third kappa shape index (κ3) is 4.57. The van der Waals surface area contributed by atoms with Gasteiger partial charge < -0.3 is 15.4 Å². The summed E-state index contributed by atoms with van der Waals surface area (Å²) in [5.74, 6) is 0.887. The molecule has 0 spiro atoms. The second kappa shape index (κ2) is 7.79. The zero-order chi connectivity index (χ0) is 15.9. The fourth-order valence-corrected chi connectivity index (χ4v) is 2.56. The summed E-state index contributed by atoms with van der Waals surface area (Å²) < 4.78 is 5.86. The van der Waals surface area contributed by atoms with Crippen LogP contribution in [0.5, 0.6) is 0 Å². The zero-order valence-corrected chi connectivity index (χ0v) is 13.5. The Bertz CT molecular complexity index is 655. The molecule has 3 rings (SSSR count). The molecular weight excluding hydrogens is 286 g/mol. The Morgan fingerprint density at radius 1 is 1.04 bits per heavy atom. The minimum absolute atomic E-state index is 0.418. The topological polar surface area (TPSA) is 45.7 Å². The number of guanidine groups is 1. The molecule has 0 fully saturated rings. The van der Waals surface area contributed by atoms with Gasteiger partial charge in [-0.05, 0) is 23.6 Å². The molecule has 2 aromatic carbocycles. The van der Waals surface area contributed by atoms with E-state index < -0.39 is 0 Å². The first kappa shape index (κ1) is 15.6. The van der Waals surface area contributed by atoms with Gasteiger partial charge in [-0.1, -0.05) is 54.6 Å². The molecule has 2 N–H and O–H groups in total. The van der Waals surface area contributed by atoms with Crippen molar-refractivity contribution in [2.45, 2.75) is 32.7 Å². The van der Waals surface area contributed by atoms with Gasteiger partial charge in [0, 0.05) is 12.6 Å². The molecule has 1 atom stereocenters. The summed E-state index contributed by atoms with van der Waals surface area (Å²) in [6.07, 6.45) is 0. The molecule has 120 valence electrons. The summed E-state index contributed by atoms with van der Waals surface area (Å²) in [6, 6.07) is 19.0. The molecule has 4 heteroatoms. The van der Waals surface area contributed by atoms with E-state index in [-0.39, 0.29) is 0 Å². The van der Waals surface area contributed by atoms with E-state index >= 15 is 0 Å². The summed E-state index contributed by atoms with van der Waals surface area (Å²) in [6.45, 7) is 4.97. The second-order valence-corrected chi connectivity index (χ2v) is 5.84. The zero-order valence-electron chi connectivity index (χ0n) is 13.5. The lowest BCUT2D eigenvalue weighted by molar-refractivity contribution is 0.106. The van der Waals surface area contributed by atoms with Crippen LogP contribution >= 0.6 is 0 Å². The molecule has 2 aromatic rings. The molecule has 1 unspecified atom stereocenters. The molecule has 0 aromatic heterocycles. The van der Waals surface area contributed by atoms with Crippen LogP contribution in [0, 0.1) is 0 Å². The van der Waals surface area contributed by atoms with Crippen LogP contribution in [0.15, 0.2) is 59.6 Å². The van der Waals surface area contributed by atoms with Gasteiger partial charge in [0.1, 0.15) is 0 Å². The fourth-order valence-electron chi connectivity index (χ4n) is 2.56. The number of hydrogen-bond donors (Lipinski definition) is 2. The van der Waals surface area contributed by atoms with Crippen molar-refractivity contribution in [3.05, 3.63) is 71.3 Å². The quantitative estimate of drug-likeness (QED) is 0.862. The van der Waals surface area contributed by atoms with Crippen molar-refractivity contribution in [2.75, 3.05) is 6.54 Å². The highest BCUT2D eigenvalue weighted by molar-refractivity contribution is 5.81. The summed E-state index contributed by atoms with van der Waals surface area (Å²) in [5.41, 5.74) is 3.65. The maximum Gasteiger partial charge on any atom is 0.191 e. The molecule has 4 nitrogen and oxygen atoms in total. The molecule has 0 amide bonds. The molecular formula is C19H23N3O. The predicted molar refractivity (Wildman–Crippen MR) is 93.1 cm³/mol. The van der Waals surface area contributed by atoms with Crippen molar-refractivity contribution >= 4 is 5.96 Å². The maximum absolute atomic E-state index is 5.86. The van der Waals surface area contributed by atoms with Crippen molar-refractivity contribution in [2.24, 2.45) is 4.99 Å². The summed E-state index contributed by atoms with van der Waals surface area (Å²) in [7, 11) is 0. The van der Waals surface area contributed by atoms with Crippen LogP contribution in [-0.2, 0) is 24.5 Å². The molecule has 23 heavy (non-hydrogen) atoms. The van der Waals surface area contributed by atoms with Gasteiger partial charge in [0.25, 0.3) is 0 Å². The van der Waals surface area contributed by atoms with E-state index in [1.54, 1.807) is 0 Å². The Morgan fingerprint density at radius 2 is 1.78 bits per heavy atom. The number of nitrogens with one attached hydrogen (secondary N) is 2. The van der Waals surface area contributed by atoms with E-state index in [9.17, 15) is 0 Å². The highest BCUT2D eigenvalue weighted by Crippen LogP contribution is 2.12. The maximum atomic E-state index is 5.86. The van der Waals surface area contributed by atoms with Gasteiger partial charge >= 0.3 is 0 Å². The highest BCUT2D eigenvalue weighted by Gasteiger charge is 2.12. The van der Waals surface area contributed by atoms with Gasteiger partial charge in [0.2, 0.25) is 0 Å². The van der Waals surface area contributed by atoms with Gasteiger partial charge in [-0.15, -0.1) is 0 Å². The van der Waals surface area contributed by atoms with Gasteiger partial charge in [-0.3, -0.25) is 4.99 Å². The van der Waals surface area contributed by atoms with Crippen molar-refractivity contribution in [3.8, 4) is 0 Å². The van der Waals surface area contributed by atoms with E-state index in [1.165, 1.54) is 16.7 Å². The van der Waals surface area contributed by atoms with Crippen LogP contribution in [0.1, 0.15) is 23.6 Å². The molecule has 0 radical (unpaired) electrons. The van der Waals surface area contributed by atoms with Crippen LogP contribution in [0.4, 0.5) is 0 Å². The lowest BCUT2D eigenvalue weighted by Crippen LogP contribution is -2.37. The Hall–Kier alpha value is -2.33. The first-order chi connectivity index (χ1) is 11.3. The molecule has 1 heterocycles. The monoisotopic (exact) mass is 309 g/mol. The first-order valence-corrected chi connectivity index (χ1v) is 8.04. The van der Waals surface area contributed by atoms with Gasteiger partial charge in [0.05, 0.1) is 19.8 Å². The molecule has 1 aliphatic heterocycles. The Kier molecular flexibility index (Phi) is 5.27. The highest BCUT2D eigenvalue weighted by atomic mass is 16.5. The average molecular weight is 309 g/mol. The normalized spacial score (nSPS) is 16.7. The van der Waals surface area contributed by atoms with Gasteiger partial charge in [0.15, 0.2) is 5.96 Å². The molecule has 0 aliphatic carbocycles. The van der Waals surface area contributed by atoms with Crippen molar-refractivity contribution in [3.63, 3.8) is 0 Å². The number of nitrogens with zero attached hydrogens (tertiary/aromatic N) is 1. The smallest absolute Gasteiger partial charge is 0.191 e. The SMILES string of the molecule is CC1CN=C(NCc2ccccc2COCc2ccccc2)N1. The average Bonchev–Trinajstić information content (AvgIpc) is 3.00. The number of aliphatic imine (C=N–C) groups is 1. The standard InChI is InChI=1S/C19H23N3O/c1-15-11-20-19(22-15)21-12-17-9-5-6-10-18(17)14-23-13-16-7-3-2-4-8-16/h2-10,15H,11-14H2,1H3,(H2,20,21,22). The first-order valence-electron chi connectivity index (χ1n) is 8.04. The van der Waals surface area contributed by atoms with E-state index in [0.29, 0.717) is 19.3 Å². The predicted octanol–water partition coefficient (Wildman–Crippen LogP) is 2.84. The summed E-state index contributed by atoms with van der Waals surface area (Å²) >= 11 is 0. The Morgan fingerprint density at radius 3 is 2.52 bits per heavy atom. The third-order valence-corrected chi connectivity index (χ3v) is 3.84. The van der Waals surface area contributed by atoms with Crippen LogP contribution < -0.4 is 10.6 Å². The fraction of sp³-hybridized carbons (Fsp3) is 0.316. The van der Waals surface area contributed by atoms with Crippen LogP contribution in [0.3, 0.4) is 0 Å². The van der Waals surface area contributed by atoms with Gasteiger partial charge in [-0.25, -0.2) is 0 Å². The number of hydrogen-bond acceptors (Lipinski definition) is 4. The number of benzene rings is 2. The third-order valence-electron chi connectivity index (χ3n) is 3.84. The van der Waals surface area contributed by atoms with E-state index in [1.807, 2.05) is 18.2 Å². The van der Waals surface area contributed by atoms with Gasteiger partial charge in [-0.2, -0.15) is 0 Å². The summed E-state index contributed by atoms with van der Waals surface area (Å²) in [4.78, 5) is 4.43. The largest absolute Gasteiger partial charge is 0.372 e. The minimum atomic E-state index is 0.418. The summed E-state index contributed by atoms with van der Waals surface area (Å²) in [5, 5.41) is 6.68. The van der Waals surface area contributed by atoms with Crippen LogP contribution in [-0.4, -0.2) is 18.5 Å². The molecule has 0 saturated carbocycles.